The number of aryl methyl sites for hydroxylation is 4. The van der Waals surface area contributed by atoms with Crippen molar-refractivity contribution in [3.05, 3.63) is 34.9 Å². The number of carbonyl (C=O) groups excluding carboxylic acids is 1. The van der Waals surface area contributed by atoms with Gasteiger partial charge in [-0.15, -0.1) is 0 Å². The predicted octanol–water partition coefficient (Wildman–Crippen LogP) is 1.93. The van der Waals surface area contributed by atoms with E-state index in [4.69, 9.17) is 8.94 Å². The fourth-order valence-electron chi connectivity index (χ4n) is 2.46. The number of aromatic nitrogens is 2. The van der Waals surface area contributed by atoms with E-state index >= 15 is 0 Å². The molecule has 0 bridgehead atoms. The standard InChI is InChI=1S/C16H23N3O4/c1-10-8-13(11(2)22-10)16(4,21)9-17-14(20)6-5-7-15-18-12(3)19-23-15/h8,21H,5-7,9H2,1-4H3,(H,17,20). The third kappa shape index (κ3) is 4.66. The molecule has 2 N–H and O–H groups in total. The molecule has 0 saturated heterocycles. The molecule has 2 aromatic rings. The molecule has 0 aromatic carbocycles. The van der Waals surface area contributed by atoms with Gasteiger partial charge in [0.1, 0.15) is 17.1 Å². The zero-order chi connectivity index (χ0) is 17.0. The first kappa shape index (κ1) is 17.2. The molecule has 0 saturated carbocycles. The lowest BCUT2D eigenvalue weighted by molar-refractivity contribution is -0.122. The highest BCUT2D eigenvalue weighted by Gasteiger charge is 2.28. The van der Waals surface area contributed by atoms with E-state index in [0.717, 1.165) is 5.76 Å². The van der Waals surface area contributed by atoms with Gasteiger partial charge in [0.2, 0.25) is 11.8 Å². The molecule has 1 amide bonds. The molecule has 23 heavy (non-hydrogen) atoms. The van der Waals surface area contributed by atoms with E-state index < -0.39 is 5.60 Å². The number of nitrogens with zero attached hydrogens (tertiary/aromatic N) is 2. The number of nitrogens with one attached hydrogen (secondary N) is 1. The van der Waals surface area contributed by atoms with E-state index in [1.165, 1.54) is 0 Å². The average Bonchev–Trinajstić information content (AvgIpc) is 3.02. The van der Waals surface area contributed by atoms with Gasteiger partial charge in [0.25, 0.3) is 0 Å². The lowest BCUT2D eigenvalue weighted by Gasteiger charge is -2.23. The number of furan rings is 1. The van der Waals surface area contributed by atoms with Gasteiger partial charge in [-0.3, -0.25) is 4.79 Å². The third-order valence-electron chi connectivity index (χ3n) is 3.62. The van der Waals surface area contributed by atoms with Crippen molar-refractivity contribution in [2.24, 2.45) is 0 Å². The van der Waals surface area contributed by atoms with E-state index in [9.17, 15) is 9.90 Å². The second-order valence-corrected chi connectivity index (χ2v) is 5.97. The monoisotopic (exact) mass is 321 g/mol. The second kappa shape index (κ2) is 6.95. The van der Waals surface area contributed by atoms with Gasteiger partial charge in [0, 0.05) is 18.4 Å². The molecule has 126 valence electrons. The van der Waals surface area contributed by atoms with Crippen LogP contribution in [0.1, 0.15) is 48.6 Å². The SMILES string of the molecule is Cc1noc(CCCC(=O)NCC(C)(O)c2cc(C)oc2C)n1. The van der Waals surface area contributed by atoms with Crippen molar-refractivity contribution in [3.63, 3.8) is 0 Å². The highest BCUT2D eigenvalue weighted by Crippen LogP contribution is 2.26. The minimum atomic E-state index is -1.17. The van der Waals surface area contributed by atoms with Gasteiger partial charge < -0.3 is 19.4 Å². The quantitative estimate of drug-likeness (QED) is 0.808. The number of amides is 1. The van der Waals surface area contributed by atoms with Crippen molar-refractivity contribution in [3.8, 4) is 0 Å². The number of rotatable bonds is 7. The normalized spacial score (nSPS) is 13.8. The Morgan fingerprint density at radius 3 is 2.70 bits per heavy atom. The van der Waals surface area contributed by atoms with Gasteiger partial charge >= 0.3 is 0 Å². The van der Waals surface area contributed by atoms with Crippen molar-refractivity contribution in [1.29, 1.82) is 0 Å². The Morgan fingerprint density at radius 2 is 2.13 bits per heavy atom. The van der Waals surface area contributed by atoms with Crippen molar-refractivity contribution in [2.45, 2.75) is 52.6 Å². The van der Waals surface area contributed by atoms with E-state index in [1.807, 2.05) is 6.92 Å². The van der Waals surface area contributed by atoms with Crippen LogP contribution < -0.4 is 5.32 Å². The fraction of sp³-hybridized carbons (Fsp3) is 0.562. The van der Waals surface area contributed by atoms with E-state index in [2.05, 4.69) is 15.5 Å². The van der Waals surface area contributed by atoms with Crippen LogP contribution in [0.4, 0.5) is 0 Å². The largest absolute Gasteiger partial charge is 0.466 e. The molecule has 7 heteroatoms. The van der Waals surface area contributed by atoms with Crippen LogP contribution in [0.2, 0.25) is 0 Å². The average molecular weight is 321 g/mol. The molecular formula is C16H23N3O4. The summed E-state index contributed by atoms with van der Waals surface area (Å²) >= 11 is 0. The number of carbonyl (C=O) groups is 1. The lowest BCUT2D eigenvalue weighted by Crippen LogP contribution is -2.38. The first-order valence-electron chi connectivity index (χ1n) is 7.64. The van der Waals surface area contributed by atoms with Gasteiger partial charge in [0.05, 0.1) is 6.54 Å². The summed E-state index contributed by atoms with van der Waals surface area (Å²) < 4.78 is 10.4. The topological polar surface area (TPSA) is 101 Å². The summed E-state index contributed by atoms with van der Waals surface area (Å²) in [4.78, 5) is 16.0. The Hall–Kier alpha value is -2.15. The van der Waals surface area contributed by atoms with Crippen LogP contribution in [0.25, 0.3) is 0 Å². The maximum absolute atomic E-state index is 11.9. The molecule has 1 unspecified atom stereocenters. The molecule has 7 nitrogen and oxygen atoms in total. The maximum atomic E-state index is 11.9. The molecule has 2 heterocycles. The smallest absolute Gasteiger partial charge is 0.226 e. The van der Waals surface area contributed by atoms with E-state index in [-0.39, 0.29) is 12.5 Å². The summed E-state index contributed by atoms with van der Waals surface area (Å²) in [6.45, 7) is 7.16. The first-order chi connectivity index (χ1) is 10.8. The molecule has 2 aromatic heterocycles. The minimum absolute atomic E-state index is 0.126. The molecule has 0 spiro atoms. The van der Waals surface area contributed by atoms with Gasteiger partial charge in [-0.25, -0.2) is 0 Å². The molecule has 0 aliphatic rings. The predicted molar refractivity (Wildman–Crippen MR) is 82.7 cm³/mol. The number of hydrogen-bond donors (Lipinski definition) is 2. The van der Waals surface area contributed by atoms with Crippen molar-refractivity contribution in [1.82, 2.24) is 15.5 Å². The molecule has 0 aliphatic carbocycles. The van der Waals surface area contributed by atoms with Crippen molar-refractivity contribution >= 4 is 5.91 Å². The number of aliphatic hydroxyl groups is 1. The van der Waals surface area contributed by atoms with Gasteiger partial charge in [0.15, 0.2) is 5.82 Å². The summed E-state index contributed by atoms with van der Waals surface area (Å²) in [6.07, 6.45) is 1.51. The summed E-state index contributed by atoms with van der Waals surface area (Å²) in [5.74, 6) is 2.39. The Morgan fingerprint density at radius 1 is 1.39 bits per heavy atom. The minimum Gasteiger partial charge on any atom is -0.466 e. The summed E-state index contributed by atoms with van der Waals surface area (Å²) in [5, 5.41) is 17.0. The number of hydrogen-bond acceptors (Lipinski definition) is 6. The van der Waals surface area contributed by atoms with E-state index in [1.54, 1.807) is 26.8 Å². The van der Waals surface area contributed by atoms with Crippen LogP contribution in [-0.4, -0.2) is 27.7 Å². The zero-order valence-corrected chi connectivity index (χ0v) is 14.0. The third-order valence-corrected chi connectivity index (χ3v) is 3.62. The summed E-state index contributed by atoms with van der Waals surface area (Å²) in [6, 6.07) is 1.79. The van der Waals surface area contributed by atoms with Crippen molar-refractivity contribution in [2.75, 3.05) is 6.54 Å². The fourth-order valence-corrected chi connectivity index (χ4v) is 2.46. The molecular weight excluding hydrogens is 298 g/mol. The Kier molecular flexibility index (Phi) is 5.20. The first-order valence-corrected chi connectivity index (χ1v) is 7.64. The van der Waals surface area contributed by atoms with Crippen LogP contribution >= 0.6 is 0 Å². The zero-order valence-electron chi connectivity index (χ0n) is 14.0. The molecule has 0 radical (unpaired) electrons. The lowest BCUT2D eigenvalue weighted by atomic mass is 9.96. The van der Waals surface area contributed by atoms with E-state index in [0.29, 0.717) is 42.3 Å². The molecule has 0 aliphatic heterocycles. The van der Waals surface area contributed by atoms with Crippen LogP contribution in [0.5, 0.6) is 0 Å². The summed E-state index contributed by atoms with van der Waals surface area (Å²) in [7, 11) is 0. The molecule has 0 fully saturated rings. The van der Waals surface area contributed by atoms with Crippen LogP contribution in [0.15, 0.2) is 15.0 Å². The summed E-state index contributed by atoms with van der Waals surface area (Å²) in [5.41, 5.74) is -0.474. The van der Waals surface area contributed by atoms with Gasteiger partial charge in [-0.2, -0.15) is 4.98 Å². The van der Waals surface area contributed by atoms with Crippen LogP contribution in [0, 0.1) is 20.8 Å². The van der Waals surface area contributed by atoms with Crippen molar-refractivity contribution < 1.29 is 18.8 Å². The Bertz CT molecular complexity index is 673. The van der Waals surface area contributed by atoms with Gasteiger partial charge in [-0.1, -0.05) is 5.16 Å². The highest BCUT2D eigenvalue weighted by molar-refractivity contribution is 5.75. The second-order valence-electron chi connectivity index (χ2n) is 5.97. The highest BCUT2D eigenvalue weighted by atomic mass is 16.5. The molecule has 2 rings (SSSR count). The maximum Gasteiger partial charge on any atom is 0.226 e. The van der Waals surface area contributed by atoms with Crippen LogP contribution in [-0.2, 0) is 16.8 Å². The Balaban J connectivity index is 1.78. The van der Waals surface area contributed by atoms with Crippen LogP contribution in [0.3, 0.4) is 0 Å². The Labute approximate surface area is 135 Å². The van der Waals surface area contributed by atoms with Gasteiger partial charge in [-0.05, 0) is 40.2 Å². The molecule has 1 atom stereocenters.